The van der Waals surface area contributed by atoms with Crippen LogP contribution in [0, 0.1) is 0 Å². The highest BCUT2D eigenvalue weighted by Gasteiger charge is 2.12. The van der Waals surface area contributed by atoms with Gasteiger partial charge in [-0.25, -0.2) is 0 Å². The lowest BCUT2D eigenvalue weighted by Gasteiger charge is -2.10. The van der Waals surface area contributed by atoms with Crippen LogP contribution >= 0.6 is 0 Å². The minimum atomic E-state index is 0.671. The highest BCUT2D eigenvalue weighted by Crippen LogP contribution is 2.02. The summed E-state index contributed by atoms with van der Waals surface area (Å²) in [5, 5.41) is 14.8. The van der Waals surface area contributed by atoms with Crippen LogP contribution in [-0.2, 0) is 13.5 Å². The van der Waals surface area contributed by atoms with E-state index in [0.717, 1.165) is 25.3 Å². The van der Waals surface area contributed by atoms with Gasteiger partial charge in [-0.15, -0.1) is 10.2 Å². The van der Waals surface area contributed by atoms with E-state index in [1.165, 1.54) is 19.4 Å². The zero-order chi connectivity index (χ0) is 10.5. The van der Waals surface area contributed by atoms with Crippen LogP contribution in [0.25, 0.3) is 0 Å². The van der Waals surface area contributed by atoms with Crippen molar-refractivity contribution in [2.24, 2.45) is 7.05 Å². The average molecular weight is 209 g/mol. The van der Waals surface area contributed by atoms with E-state index in [4.69, 9.17) is 0 Å². The maximum absolute atomic E-state index is 4.04. The summed E-state index contributed by atoms with van der Waals surface area (Å²) in [5.41, 5.74) is 0. The second-order valence-corrected chi connectivity index (χ2v) is 4.11. The number of aromatic nitrogens is 3. The molecule has 0 saturated carbocycles. The minimum absolute atomic E-state index is 0.671. The SMILES string of the molecule is Cn1cnnc1CCNCC1CCCN1. The molecular formula is C10H19N5. The number of aryl methyl sites for hydroxylation is 1. The molecule has 1 fully saturated rings. The summed E-state index contributed by atoms with van der Waals surface area (Å²) in [6.45, 7) is 3.22. The highest BCUT2D eigenvalue weighted by atomic mass is 15.2. The van der Waals surface area contributed by atoms with Crippen LogP contribution < -0.4 is 10.6 Å². The monoisotopic (exact) mass is 209 g/mol. The maximum Gasteiger partial charge on any atom is 0.133 e. The van der Waals surface area contributed by atoms with Gasteiger partial charge in [-0.1, -0.05) is 0 Å². The zero-order valence-electron chi connectivity index (χ0n) is 9.24. The van der Waals surface area contributed by atoms with Gasteiger partial charge < -0.3 is 15.2 Å². The van der Waals surface area contributed by atoms with Gasteiger partial charge in [0.2, 0.25) is 0 Å². The number of hydrogen-bond acceptors (Lipinski definition) is 4. The Labute approximate surface area is 90.3 Å². The van der Waals surface area contributed by atoms with Crippen LogP contribution in [0.5, 0.6) is 0 Å². The van der Waals surface area contributed by atoms with Crippen molar-refractivity contribution >= 4 is 0 Å². The first-order chi connectivity index (χ1) is 7.36. The van der Waals surface area contributed by atoms with E-state index >= 15 is 0 Å². The van der Waals surface area contributed by atoms with Crippen molar-refractivity contribution in [1.82, 2.24) is 25.4 Å². The van der Waals surface area contributed by atoms with Crippen LogP contribution in [0.4, 0.5) is 0 Å². The van der Waals surface area contributed by atoms with E-state index in [1.807, 2.05) is 11.6 Å². The molecule has 1 atom stereocenters. The third-order valence-electron chi connectivity index (χ3n) is 2.88. The number of nitrogens with zero attached hydrogens (tertiary/aromatic N) is 3. The minimum Gasteiger partial charge on any atom is -0.321 e. The van der Waals surface area contributed by atoms with Crippen LogP contribution in [0.3, 0.4) is 0 Å². The molecule has 5 nitrogen and oxygen atoms in total. The summed E-state index contributed by atoms with van der Waals surface area (Å²) in [7, 11) is 1.98. The molecule has 0 aliphatic carbocycles. The lowest BCUT2D eigenvalue weighted by molar-refractivity contribution is 0.532. The number of rotatable bonds is 5. The van der Waals surface area contributed by atoms with Crippen molar-refractivity contribution in [2.75, 3.05) is 19.6 Å². The molecule has 1 unspecified atom stereocenters. The first-order valence-electron chi connectivity index (χ1n) is 5.63. The van der Waals surface area contributed by atoms with Gasteiger partial charge in [0.15, 0.2) is 0 Å². The van der Waals surface area contributed by atoms with E-state index in [0.29, 0.717) is 6.04 Å². The molecule has 0 bridgehead atoms. The van der Waals surface area contributed by atoms with Gasteiger partial charge in [-0.05, 0) is 19.4 Å². The van der Waals surface area contributed by atoms with E-state index in [1.54, 1.807) is 6.33 Å². The van der Waals surface area contributed by atoms with Crippen LogP contribution in [-0.4, -0.2) is 40.4 Å². The average Bonchev–Trinajstić information content (AvgIpc) is 2.85. The fourth-order valence-corrected chi connectivity index (χ4v) is 1.94. The number of nitrogens with one attached hydrogen (secondary N) is 2. The van der Waals surface area contributed by atoms with E-state index < -0.39 is 0 Å². The molecular weight excluding hydrogens is 190 g/mol. The molecule has 0 aromatic carbocycles. The van der Waals surface area contributed by atoms with Gasteiger partial charge in [0.25, 0.3) is 0 Å². The Morgan fingerprint density at radius 1 is 1.67 bits per heavy atom. The largest absolute Gasteiger partial charge is 0.321 e. The number of hydrogen-bond donors (Lipinski definition) is 2. The summed E-state index contributed by atoms with van der Waals surface area (Å²) in [6, 6.07) is 0.671. The van der Waals surface area contributed by atoms with E-state index in [9.17, 15) is 0 Å². The van der Waals surface area contributed by atoms with Gasteiger partial charge in [-0.3, -0.25) is 0 Å². The van der Waals surface area contributed by atoms with Gasteiger partial charge >= 0.3 is 0 Å². The third-order valence-corrected chi connectivity index (χ3v) is 2.88. The van der Waals surface area contributed by atoms with Crippen LogP contribution in [0.2, 0.25) is 0 Å². The van der Waals surface area contributed by atoms with Gasteiger partial charge in [0, 0.05) is 32.6 Å². The van der Waals surface area contributed by atoms with Crippen molar-refractivity contribution in [3.8, 4) is 0 Å². The van der Waals surface area contributed by atoms with Gasteiger partial charge in [-0.2, -0.15) is 0 Å². The Morgan fingerprint density at radius 3 is 3.27 bits per heavy atom. The van der Waals surface area contributed by atoms with Crippen molar-refractivity contribution < 1.29 is 0 Å². The molecule has 2 heterocycles. The predicted octanol–water partition coefficient (Wildman–Crippen LogP) is -0.301. The summed E-state index contributed by atoms with van der Waals surface area (Å²) < 4.78 is 1.97. The Bertz CT molecular complexity index is 290. The topological polar surface area (TPSA) is 54.8 Å². The molecule has 2 rings (SSSR count). The van der Waals surface area contributed by atoms with Crippen molar-refractivity contribution in [3.05, 3.63) is 12.2 Å². The Kier molecular flexibility index (Phi) is 3.69. The maximum atomic E-state index is 4.04. The van der Waals surface area contributed by atoms with Crippen LogP contribution in [0.1, 0.15) is 18.7 Å². The second kappa shape index (κ2) is 5.23. The summed E-state index contributed by atoms with van der Waals surface area (Å²) >= 11 is 0. The van der Waals surface area contributed by atoms with Crippen molar-refractivity contribution in [3.63, 3.8) is 0 Å². The molecule has 0 spiro atoms. The smallest absolute Gasteiger partial charge is 0.133 e. The molecule has 1 saturated heterocycles. The lowest BCUT2D eigenvalue weighted by atomic mass is 10.2. The molecule has 0 radical (unpaired) electrons. The lowest BCUT2D eigenvalue weighted by Crippen LogP contribution is -2.34. The molecule has 1 aromatic heterocycles. The molecule has 1 aliphatic heterocycles. The first-order valence-corrected chi connectivity index (χ1v) is 5.63. The van der Waals surface area contributed by atoms with Gasteiger partial charge in [0.1, 0.15) is 12.2 Å². The highest BCUT2D eigenvalue weighted by molar-refractivity contribution is 4.85. The standard InChI is InChI=1S/C10H19N5/c1-15-8-13-14-10(15)4-6-11-7-9-3-2-5-12-9/h8-9,11-12H,2-7H2,1H3. The molecule has 0 amide bonds. The van der Waals surface area contributed by atoms with Crippen molar-refractivity contribution in [2.45, 2.75) is 25.3 Å². The third kappa shape index (κ3) is 3.00. The second-order valence-electron chi connectivity index (χ2n) is 4.11. The Morgan fingerprint density at radius 2 is 2.60 bits per heavy atom. The quantitative estimate of drug-likeness (QED) is 0.654. The fourth-order valence-electron chi connectivity index (χ4n) is 1.94. The zero-order valence-corrected chi connectivity index (χ0v) is 9.24. The molecule has 84 valence electrons. The van der Waals surface area contributed by atoms with Crippen LogP contribution in [0.15, 0.2) is 6.33 Å². The summed E-state index contributed by atoms with van der Waals surface area (Å²) in [4.78, 5) is 0. The molecule has 1 aromatic rings. The normalized spacial score (nSPS) is 21.0. The summed E-state index contributed by atoms with van der Waals surface area (Å²) in [6.07, 6.45) is 5.31. The molecule has 1 aliphatic rings. The Hall–Kier alpha value is -0.940. The fraction of sp³-hybridized carbons (Fsp3) is 0.800. The molecule has 2 N–H and O–H groups in total. The predicted molar refractivity (Wildman–Crippen MR) is 58.6 cm³/mol. The summed E-state index contributed by atoms with van der Waals surface area (Å²) in [5.74, 6) is 1.04. The first kappa shape index (κ1) is 10.6. The Balaban J connectivity index is 1.60. The molecule has 15 heavy (non-hydrogen) atoms. The van der Waals surface area contributed by atoms with E-state index in [2.05, 4.69) is 20.8 Å². The van der Waals surface area contributed by atoms with E-state index in [-0.39, 0.29) is 0 Å². The van der Waals surface area contributed by atoms with Gasteiger partial charge in [0.05, 0.1) is 0 Å². The molecule has 5 heteroatoms. The van der Waals surface area contributed by atoms with Crippen molar-refractivity contribution in [1.29, 1.82) is 0 Å².